The molecule has 1 saturated heterocycles. The molecule has 1 aliphatic rings. The Hall–Kier alpha value is -2.40. The van der Waals surface area contributed by atoms with Crippen LogP contribution in [-0.2, 0) is 16.1 Å². The maximum Gasteiger partial charge on any atom is 0.313 e. The van der Waals surface area contributed by atoms with Gasteiger partial charge in [-0.1, -0.05) is 24.3 Å². The van der Waals surface area contributed by atoms with Crippen LogP contribution < -0.4 is 4.74 Å². The van der Waals surface area contributed by atoms with E-state index in [0.717, 1.165) is 43.1 Å². The molecule has 0 spiro atoms. The summed E-state index contributed by atoms with van der Waals surface area (Å²) in [7, 11) is 0. The highest BCUT2D eigenvalue weighted by molar-refractivity contribution is 5.77. The summed E-state index contributed by atoms with van der Waals surface area (Å²) in [5, 5.41) is 0. The highest BCUT2D eigenvalue weighted by Crippen LogP contribution is 2.36. The number of nitrogens with zero attached hydrogens (tertiary/aromatic N) is 2. The zero-order chi connectivity index (χ0) is 19.8. The normalized spacial score (nSPS) is 19.9. The van der Waals surface area contributed by atoms with E-state index in [0.29, 0.717) is 26.2 Å². The van der Waals surface area contributed by atoms with Crippen molar-refractivity contribution in [2.75, 3.05) is 26.3 Å². The highest BCUT2D eigenvalue weighted by Gasteiger charge is 2.43. The van der Waals surface area contributed by atoms with Crippen LogP contribution in [0, 0.1) is 12.3 Å². The first kappa shape index (κ1) is 20.3. The molecule has 0 saturated carbocycles. The minimum absolute atomic E-state index is 0.103. The molecule has 2 heterocycles. The van der Waals surface area contributed by atoms with E-state index in [2.05, 4.69) is 9.88 Å². The highest BCUT2D eigenvalue weighted by atomic mass is 16.5. The fourth-order valence-corrected chi connectivity index (χ4v) is 3.92. The maximum absolute atomic E-state index is 12.9. The first-order valence-electron chi connectivity index (χ1n) is 10.1. The summed E-state index contributed by atoms with van der Waals surface area (Å²) >= 11 is 0. The summed E-state index contributed by atoms with van der Waals surface area (Å²) in [6.45, 7) is 7.17. The molecule has 0 N–H and O–H groups in total. The van der Waals surface area contributed by atoms with Crippen molar-refractivity contribution in [3.8, 4) is 5.75 Å². The Morgan fingerprint density at radius 1 is 1.18 bits per heavy atom. The van der Waals surface area contributed by atoms with Gasteiger partial charge < -0.3 is 9.47 Å². The fourth-order valence-electron chi connectivity index (χ4n) is 3.92. The molecule has 5 nitrogen and oxygen atoms in total. The first-order chi connectivity index (χ1) is 13.6. The third kappa shape index (κ3) is 5.32. The van der Waals surface area contributed by atoms with Gasteiger partial charge in [0, 0.05) is 18.8 Å². The van der Waals surface area contributed by atoms with Gasteiger partial charge in [-0.2, -0.15) is 0 Å². The number of piperidine rings is 1. The smallest absolute Gasteiger partial charge is 0.313 e. The number of carbonyl (C=O) groups is 1. The molecule has 1 aliphatic heterocycles. The van der Waals surface area contributed by atoms with Crippen molar-refractivity contribution >= 4 is 5.97 Å². The Morgan fingerprint density at radius 3 is 2.75 bits per heavy atom. The van der Waals surface area contributed by atoms with Crippen molar-refractivity contribution in [3.63, 3.8) is 0 Å². The quantitative estimate of drug-likeness (QED) is 0.646. The van der Waals surface area contributed by atoms with Crippen molar-refractivity contribution in [3.05, 3.63) is 59.9 Å². The van der Waals surface area contributed by atoms with Crippen LogP contribution in [0.2, 0.25) is 0 Å². The standard InChI is InChI=1S/C23H30N2O3/c1-3-27-22(26)23(14-16-28-21-11-5-4-6-12-21)13-8-15-25(18-23)17-20-10-7-9-19(2)24-20/h4-7,9-12H,3,8,13-18H2,1-2H3/t23-/m1/s1. The Kier molecular flexibility index (Phi) is 7.04. The van der Waals surface area contributed by atoms with Crippen molar-refractivity contribution < 1.29 is 14.3 Å². The molecule has 0 bridgehead atoms. The van der Waals surface area contributed by atoms with E-state index in [9.17, 15) is 4.79 Å². The Morgan fingerprint density at radius 2 is 2.00 bits per heavy atom. The van der Waals surface area contributed by atoms with Gasteiger partial charge in [0.05, 0.1) is 24.3 Å². The minimum Gasteiger partial charge on any atom is -0.494 e. The van der Waals surface area contributed by atoms with Crippen molar-refractivity contribution in [1.82, 2.24) is 9.88 Å². The molecule has 2 aromatic rings. The Bertz CT molecular complexity index is 765. The topological polar surface area (TPSA) is 51.7 Å². The largest absolute Gasteiger partial charge is 0.494 e. The number of para-hydroxylation sites is 1. The van der Waals surface area contributed by atoms with Gasteiger partial charge in [0.15, 0.2) is 0 Å². The molecule has 1 aromatic carbocycles. The van der Waals surface area contributed by atoms with E-state index in [4.69, 9.17) is 9.47 Å². The molecule has 150 valence electrons. The molecule has 3 rings (SSSR count). The lowest BCUT2D eigenvalue weighted by molar-refractivity contribution is -0.160. The van der Waals surface area contributed by atoms with E-state index in [1.54, 1.807) is 0 Å². The second-order valence-electron chi connectivity index (χ2n) is 7.50. The van der Waals surface area contributed by atoms with E-state index in [-0.39, 0.29) is 5.97 Å². The third-order valence-electron chi connectivity index (χ3n) is 5.29. The van der Waals surface area contributed by atoms with E-state index in [1.807, 2.05) is 62.4 Å². The number of pyridine rings is 1. The van der Waals surface area contributed by atoms with Crippen LogP contribution >= 0.6 is 0 Å². The molecule has 0 amide bonds. The zero-order valence-corrected chi connectivity index (χ0v) is 16.9. The fraction of sp³-hybridized carbons (Fsp3) is 0.478. The maximum atomic E-state index is 12.9. The average Bonchev–Trinajstić information content (AvgIpc) is 2.69. The van der Waals surface area contributed by atoms with Crippen LogP contribution in [0.1, 0.15) is 37.6 Å². The Balaban J connectivity index is 1.68. The zero-order valence-electron chi connectivity index (χ0n) is 16.9. The summed E-state index contributed by atoms with van der Waals surface area (Å²) in [6, 6.07) is 15.8. The lowest BCUT2D eigenvalue weighted by Crippen LogP contribution is -2.49. The minimum atomic E-state index is -0.521. The summed E-state index contributed by atoms with van der Waals surface area (Å²) in [6.07, 6.45) is 2.45. The predicted octanol–water partition coefficient (Wildman–Crippen LogP) is 4.00. The summed E-state index contributed by atoms with van der Waals surface area (Å²) < 4.78 is 11.4. The first-order valence-corrected chi connectivity index (χ1v) is 10.1. The van der Waals surface area contributed by atoms with Crippen LogP contribution in [0.5, 0.6) is 5.75 Å². The van der Waals surface area contributed by atoms with Crippen LogP contribution in [0.15, 0.2) is 48.5 Å². The van der Waals surface area contributed by atoms with Crippen LogP contribution in [0.25, 0.3) is 0 Å². The molecule has 1 aromatic heterocycles. The van der Waals surface area contributed by atoms with Gasteiger partial charge in [0.1, 0.15) is 5.75 Å². The lowest BCUT2D eigenvalue weighted by atomic mass is 9.77. The summed E-state index contributed by atoms with van der Waals surface area (Å²) in [5.41, 5.74) is 1.54. The van der Waals surface area contributed by atoms with E-state index < -0.39 is 5.41 Å². The van der Waals surface area contributed by atoms with Crippen LogP contribution in [0.4, 0.5) is 0 Å². The van der Waals surface area contributed by atoms with Gasteiger partial charge in [-0.3, -0.25) is 14.7 Å². The number of hydrogen-bond acceptors (Lipinski definition) is 5. The van der Waals surface area contributed by atoms with Crippen LogP contribution in [-0.4, -0.2) is 42.2 Å². The van der Waals surface area contributed by atoms with Gasteiger partial charge in [-0.25, -0.2) is 0 Å². The number of likely N-dealkylation sites (tertiary alicyclic amines) is 1. The van der Waals surface area contributed by atoms with Gasteiger partial charge in [0.25, 0.3) is 0 Å². The van der Waals surface area contributed by atoms with E-state index in [1.165, 1.54) is 0 Å². The second-order valence-corrected chi connectivity index (χ2v) is 7.50. The summed E-state index contributed by atoms with van der Waals surface area (Å²) in [5.74, 6) is 0.728. The van der Waals surface area contributed by atoms with Crippen molar-refractivity contribution in [2.45, 2.75) is 39.7 Å². The molecular weight excluding hydrogens is 352 g/mol. The monoisotopic (exact) mass is 382 g/mol. The molecule has 5 heteroatoms. The number of rotatable bonds is 8. The van der Waals surface area contributed by atoms with Crippen LogP contribution in [0.3, 0.4) is 0 Å². The second kappa shape index (κ2) is 9.69. The van der Waals surface area contributed by atoms with Crippen molar-refractivity contribution in [2.24, 2.45) is 5.41 Å². The molecule has 0 radical (unpaired) electrons. The third-order valence-corrected chi connectivity index (χ3v) is 5.29. The van der Waals surface area contributed by atoms with Gasteiger partial charge in [-0.05, 0) is 63.9 Å². The molecule has 28 heavy (non-hydrogen) atoms. The van der Waals surface area contributed by atoms with Crippen molar-refractivity contribution in [1.29, 1.82) is 0 Å². The van der Waals surface area contributed by atoms with Gasteiger partial charge in [-0.15, -0.1) is 0 Å². The SMILES string of the molecule is CCOC(=O)[C@@]1(CCOc2ccccc2)CCCN(Cc2cccc(C)n2)C1. The molecule has 0 unspecified atom stereocenters. The molecular formula is C23H30N2O3. The Labute approximate surface area is 167 Å². The number of hydrogen-bond donors (Lipinski definition) is 0. The molecule has 0 aliphatic carbocycles. The number of aryl methyl sites for hydroxylation is 1. The predicted molar refractivity (Wildman–Crippen MR) is 109 cm³/mol. The number of ether oxygens (including phenoxy) is 2. The van der Waals surface area contributed by atoms with Gasteiger partial charge >= 0.3 is 5.97 Å². The molecule has 1 atom stereocenters. The van der Waals surface area contributed by atoms with E-state index >= 15 is 0 Å². The molecule has 1 fully saturated rings. The number of benzene rings is 1. The number of aromatic nitrogens is 1. The average molecular weight is 383 g/mol. The number of esters is 1. The van der Waals surface area contributed by atoms with Gasteiger partial charge in [0.2, 0.25) is 0 Å². The lowest BCUT2D eigenvalue weighted by Gasteiger charge is -2.40. The summed E-state index contributed by atoms with van der Waals surface area (Å²) in [4.78, 5) is 19.8. The number of carbonyl (C=O) groups excluding carboxylic acids is 1.